The first-order chi connectivity index (χ1) is 18.3. The van der Waals surface area contributed by atoms with Crippen LogP contribution in [-0.4, -0.2) is 50.4 Å². The van der Waals surface area contributed by atoms with Crippen LogP contribution >= 0.6 is 0 Å². The van der Waals surface area contributed by atoms with E-state index in [2.05, 4.69) is 10.3 Å². The molecule has 0 saturated carbocycles. The van der Waals surface area contributed by atoms with Crippen molar-refractivity contribution in [3.63, 3.8) is 0 Å². The van der Waals surface area contributed by atoms with Crippen molar-refractivity contribution in [3.8, 4) is 5.75 Å². The molecule has 2 aliphatic heterocycles. The summed E-state index contributed by atoms with van der Waals surface area (Å²) >= 11 is 0. The quantitative estimate of drug-likeness (QED) is 0.326. The number of hydrogen-bond donors (Lipinski definition) is 3. The van der Waals surface area contributed by atoms with Gasteiger partial charge in [0, 0.05) is 41.2 Å². The van der Waals surface area contributed by atoms with Gasteiger partial charge in [-0.3, -0.25) is 24.6 Å². The maximum absolute atomic E-state index is 13.3. The Morgan fingerprint density at radius 3 is 2.42 bits per heavy atom. The Labute approximate surface area is 221 Å². The fraction of sp³-hybridized carbons (Fsp3) is 0.379. The van der Waals surface area contributed by atoms with E-state index in [9.17, 15) is 14.4 Å². The molecule has 198 valence electrons. The molecule has 2 atom stereocenters. The first kappa shape index (κ1) is 25.7. The van der Waals surface area contributed by atoms with E-state index in [0.29, 0.717) is 30.8 Å². The summed E-state index contributed by atoms with van der Waals surface area (Å²) in [5.41, 5.74) is 4.15. The van der Waals surface area contributed by atoms with Gasteiger partial charge in [-0.05, 0) is 69.0 Å². The summed E-state index contributed by atoms with van der Waals surface area (Å²) in [6.07, 6.45) is 2.53. The lowest BCUT2D eigenvalue weighted by molar-refractivity contribution is -0.136. The van der Waals surface area contributed by atoms with Crippen LogP contribution in [0.25, 0.3) is 10.9 Å². The normalized spacial score (nSPS) is 22.2. The van der Waals surface area contributed by atoms with Crippen LogP contribution in [0.1, 0.15) is 60.6 Å². The number of para-hydroxylation sites is 1. The number of carbonyl (C=O) groups excluding carboxylic acids is 3. The predicted octanol–water partition coefficient (Wildman–Crippen LogP) is 3.66. The van der Waals surface area contributed by atoms with Crippen molar-refractivity contribution in [1.29, 1.82) is 0 Å². The highest BCUT2D eigenvalue weighted by Crippen LogP contribution is 2.42. The van der Waals surface area contributed by atoms with Crippen molar-refractivity contribution < 1.29 is 24.3 Å². The summed E-state index contributed by atoms with van der Waals surface area (Å²) in [4.78, 5) is 44.0. The van der Waals surface area contributed by atoms with Gasteiger partial charge in [0.05, 0.1) is 17.5 Å². The summed E-state index contributed by atoms with van der Waals surface area (Å²) in [6, 6.07) is 16.8. The van der Waals surface area contributed by atoms with Gasteiger partial charge in [-0.2, -0.15) is 0 Å². The van der Waals surface area contributed by atoms with E-state index in [1.807, 2.05) is 42.2 Å². The number of amides is 3. The number of aromatic nitrogens is 1. The lowest BCUT2D eigenvalue weighted by Crippen LogP contribution is -2.61. The van der Waals surface area contributed by atoms with E-state index in [4.69, 9.17) is 9.94 Å². The Morgan fingerprint density at radius 1 is 1.08 bits per heavy atom. The van der Waals surface area contributed by atoms with Crippen LogP contribution in [0, 0.1) is 6.92 Å². The third-order valence-corrected chi connectivity index (χ3v) is 7.68. The first-order valence-corrected chi connectivity index (χ1v) is 12.9. The number of piperidine rings is 1. The molecule has 3 amide bonds. The van der Waals surface area contributed by atoms with Crippen LogP contribution in [0.3, 0.4) is 0 Å². The van der Waals surface area contributed by atoms with Crippen LogP contribution in [-0.2, 0) is 16.2 Å². The largest absolute Gasteiger partial charge is 0.489 e. The summed E-state index contributed by atoms with van der Waals surface area (Å²) < 4.78 is 6.02. The van der Waals surface area contributed by atoms with Crippen LogP contribution in [0.4, 0.5) is 0 Å². The smallest absolute Gasteiger partial charge is 0.251 e. The molecule has 3 aromatic rings. The van der Waals surface area contributed by atoms with Gasteiger partial charge in [0.15, 0.2) is 0 Å². The maximum atomic E-state index is 13.3. The molecule has 38 heavy (non-hydrogen) atoms. The minimum atomic E-state index is -0.850. The van der Waals surface area contributed by atoms with Crippen LogP contribution < -0.4 is 15.5 Å². The molecule has 9 nitrogen and oxygen atoms in total. The molecule has 0 radical (unpaired) electrons. The number of carbonyl (C=O) groups is 3. The van der Waals surface area contributed by atoms with Crippen molar-refractivity contribution in [2.75, 3.05) is 0 Å². The molecular formula is C29H32N4O5. The van der Waals surface area contributed by atoms with E-state index in [1.165, 1.54) is 0 Å². The van der Waals surface area contributed by atoms with E-state index in [-0.39, 0.29) is 30.3 Å². The van der Waals surface area contributed by atoms with Crippen LogP contribution in [0.2, 0.25) is 0 Å². The highest BCUT2D eigenvalue weighted by molar-refractivity contribution is 5.95. The van der Waals surface area contributed by atoms with E-state index >= 15 is 0 Å². The molecular weight excluding hydrogens is 484 g/mol. The molecule has 3 N–H and O–H groups in total. The van der Waals surface area contributed by atoms with Gasteiger partial charge in [0.2, 0.25) is 11.8 Å². The van der Waals surface area contributed by atoms with Gasteiger partial charge in [-0.25, -0.2) is 5.48 Å². The molecule has 2 aliphatic rings. The van der Waals surface area contributed by atoms with Crippen molar-refractivity contribution >= 4 is 28.6 Å². The minimum absolute atomic E-state index is 0.00884. The second-order valence-corrected chi connectivity index (χ2v) is 10.4. The summed E-state index contributed by atoms with van der Waals surface area (Å²) in [6.45, 7) is 3.87. The van der Waals surface area contributed by atoms with Crippen molar-refractivity contribution in [3.05, 3.63) is 71.4 Å². The van der Waals surface area contributed by atoms with Gasteiger partial charge in [0.25, 0.3) is 5.91 Å². The summed E-state index contributed by atoms with van der Waals surface area (Å²) in [5.74, 6) is -0.242. The number of hydrogen-bond acceptors (Lipinski definition) is 6. The van der Waals surface area contributed by atoms with Crippen molar-refractivity contribution in [1.82, 2.24) is 20.7 Å². The van der Waals surface area contributed by atoms with Gasteiger partial charge in [-0.1, -0.05) is 18.2 Å². The van der Waals surface area contributed by atoms with Crippen LogP contribution in [0.5, 0.6) is 5.75 Å². The summed E-state index contributed by atoms with van der Waals surface area (Å²) in [7, 11) is 0. The maximum Gasteiger partial charge on any atom is 0.251 e. The third-order valence-electron chi connectivity index (χ3n) is 7.68. The fourth-order valence-electron chi connectivity index (χ4n) is 6.19. The molecule has 0 spiro atoms. The first-order valence-electron chi connectivity index (χ1n) is 12.9. The van der Waals surface area contributed by atoms with E-state index in [1.54, 1.807) is 36.7 Å². The number of fused-ring (bicyclic) bond motifs is 3. The highest BCUT2D eigenvalue weighted by atomic mass is 16.5. The second-order valence-electron chi connectivity index (χ2n) is 10.4. The minimum Gasteiger partial charge on any atom is -0.489 e. The Morgan fingerprint density at radius 2 is 1.76 bits per heavy atom. The van der Waals surface area contributed by atoms with Gasteiger partial charge >= 0.3 is 0 Å². The molecule has 1 aromatic heterocycles. The Balaban J connectivity index is 1.28. The second kappa shape index (κ2) is 10.4. The predicted molar refractivity (Wildman–Crippen MR) is 141 cm³/mol. The number of ether oxygens (including phenoxy) is 1. The topological polar surface area (TPSA) is 121 Å². The number of nitrogens with zero attached hydrogens (tertiary/aromatic N) is 2. The monoisotopic (exact) mass is 516 g/mol. The molecule has 5 rings (SSSR count). The molecule has 2 bridgehead atoms. The lowest BCUT2D eigenvalue weighted by Gasteiger charge is -2.46. The number of hydroxylamine groups is 1. The number of rotatable bonds is 7. The Bertz CT molecular complexity index is 1360. The molecule has 2 fully saturated rings. The van der Waals surface area contributed by atoms with Crippen molar-refractivity contribution in [2.45, 2.75) is 70.2 Å². The molecule has 0 aliphatic carbocycles. The van der Waals surface area contributed by atoms with E-state index in [0.717, 1.165) is 35.0 Å². The zero-order valence-corrected chi connectivity index (χ0v) is 21.6. The SMILES string of the molecule is CC(=O)N1C2CCC1CC(CC(=O)NO)(NC(=O)c1ccc(OCc3cc(C)nc4ccccc34)cc1)C2. The van der Waals surface area contributed by atoms with Gasteiger partial charge < -0.3 is 15.0 Å². The lowest BCUT2D eigenvalue weighted by atomic mass is 9.79. The number of benzene rings is 2. The fourth-order valence-corrected chi connectivity index (χ4v) is 6.19. The molecule has 9 heteroatoms. The summed E-state index contributed by atoms with van der Waals surface area (Å²) in [5, 5.41) is 13.3. The average molecular weight is 517 g/mol. The molecule has 2 saturated heterocycles. The van der Waals surface area contributed by atoms with Gasteiger partial charge in [0.1, 0.15) is 12.4 Å². The van der Waals surface area contributed by atoms with Gasteiger partial charge in [-0.15, -0.1) is 0 Å². The van der Waals surface area contributed by atoms with Crippen LogP contribution in [0.15, 0.2) is 54.6 Å². The molecule has 2 unspecified atom stereocenters. The third kappa shape index (κ3) is 5.19. The Hall–Kier alpha value is -3.98. The van der Waals surface area contributed by atoms with E-state index < -0.39 is 11.4 Å². The zero-order chi connectivity index (χ0) is 26.9. The molecule has 2 aromatic carbocycles. The number of nitrogens with one attached hydrogen (secondary N) is 2. The number of pyridine rings is 1. The highest BCUT2D eigenvalue weighted by Gasteiger charge is 2.50. The standard InChI is InChI=1S/C29H32N4O5/c1-18-13-21(25-5-3-4-6-26(25)30-18)17-38-24-11-7-20(8-12-24)28(36)31-29(16-27(35)32-37)14-22-9-10-23(15-29)33(22)19(2)34/h3-8,11-13,22-23,37H,9-10,14-17H2,1-2H3,(H,31,36)(H,32,35). The number of aryl methyl sites for hydroxylation is 1. The Kier molecular flexibility index (Phi) is 7.03. The average Bonchev–Trinajstić information content (AvgIpc) is 3.19. The zero-order valence-electron chi connectivity index (χ0n) is 21.6. The molecule has 3 heterocycles. The van der Waals surface area contributed by atoms with Crippen molar-refractivity contribution in [2.24, 2.45) is 0 Å².